The molecule has 0 atom stereocenters. The lowest BCUT2D eigenvalue weighted by molar-refractivity contribution is -0.118. The van der Waals surface area contributed by atoms with Gasteiger partial charge in [0.05, 0.1) is 28.3 Å². The standard InChI is InChI=1S/C25H28N2O3S2/c1-3-5-10-20-14-15-22-23(18-20)31-25(27(22)16-4-2)26-24(28)13-9-17-32(29,30)19-21-11-7-6-8-12-21/h2,6-8,11-12,14-15,18H,3,5,9-10,13,16-17,19H2,1H3. The van der Waals surface area contributed by atoms with E-state index in [1.54, 1.807) is 12.1 Å². The molecule has 0 aliphatic heterocycles. The minimum Gasteiger partial charge on any atom is -0.305 e. The quantitative estimate of drug-likeness (QED) is 0.412. The summed E-state index contributed by atoms with van der Waals surface area (Å²) in [5, 5.41) is 0. The maximum Gasteiger partial charge on any atom is 0.248 e. The molecule has 1 heterocycles. The lowest BCUT2D eigenvalue weighted by Crippen LogP contribution is -2.17. The van der Waals surface area contributed by atoms with Gasteiger partial charge in [-0.05, 0) is 42.5 Å². The molecule has 0 N–H and O–H groups in total. The number of rotatable bonds is 10. The second-order valence-corrected chi connectivity index (χ2v) is 11.0. The van der Waals surface area contributed by atoms with E-state index in [1.807, 2.05) is 28.8 Å². The number of unbranched alkanes of at least 4 members (excludes halogenated alkanes) is 1. The van der Waals surface area contributed by atoms with E-state index < -0.39 is 9.84 Å². The van der Waals surface area contributed by atoms with E-state index in [4.69, 9.17) is 6.42 Å². The highest BCUT2D eigenvalue weighted by Crippen LogP contribution is 2.20. The Balaban J connectivity index is 1.70. The Labute approximate surface area is 193 Å². The van der Waals surface area contributed by atoms with Gasteiger partial charge in [0.25, 0.3) is 0 Å². The van der Waals surface area contributed by atoms with E-state index in [2.05, 4.69) is 30.0 Å². The van der Waals surface area contributed by atoms with Crippen molar-refractivity contribution in [2.24, 2.45) is 4.99 Å². The maximum absolute atomic E-state index is 12.5. The third kappa shape index (κ3) is 6.65. The Morgan fingerprint density at radius 1 is 1.12 bits per heavy atom. The third-order valence-electron chi connectivity index (χ3n) is 5.11. The van der Waals surface area contributed by atoms with E-state index in [-0.39, 0.29) is 30.3 Å². The summed E-state index contributed by atoms with van der Waals surface area (Å²) in [5.74, 6) is 2.24. The molecule has 0 aliphatic carbocycles. The number of hydrogen-bond donors (Lipinski definition) is 0. The van der Waals surface area contributed by atoms with Gasteiger partial charge in [-0.15, -0.1) is 6.42 Å². The van der Waals surface area contributed by atoms with Gasteiger partial charge >= 0.3 is 0 Å². The second-order valence-electron chi connectivity index (χ2n) is 7.77. The molecule has 0 bridgehead atoms. The number of thiazole rings is 1. The average molecular weight is 469 g/mol. The van der Waals surface area contributed by atoms with Gasteiger partial charge in [0.15, 0.2) is 14.6 Å². The topological polar surface area (TPSA) is 68.5 Å². The van der Waals surface area contributed by atoms with Crippen LogP contribution in [-0.4, -0.2) is 24.6 Å². The van der Waals surface area contributed by atoms with Crippen molar-refractivity contribution in [3.63, 3.8) is 0 Å². The molecule has 1 amide bonds. The normalized spacial score (nSPS) is 12.2. The zero-order chi connectivity index (χ0) is 23.0. The number of carbonyl (C=O) groups excluding carboxylic acids is 1. The summed E-state index contributed by atoms with van der Waals surface area (Å²) in [4.78, 5) is 17.3. The largest absolute Gasteiger partial charge is 0.305 e. The van der Waals surface area contributed by atoms with Crippen molar-refractivity contribution < 1.29 is 13.2 Å². The summed E-state index contributed by atoms with van der Waals surface area (Å²) in [6.45, 7) is 2.49. The highest BCUT2D eigenvalue weighted by atomic mass is 32.2. The molecule has 0 saturated carbocycles. The van der Waals surface area contributed by atoms with Crippen LogP contribution in [0.4, 0.5) is 0 Å². The Kier molecular flexibility index (Phi) is 8.43. The van der Waals surface area contributed by atoms with Crippen LogP contribution >= 0.6 is 11.3 Å². The summed E-state index contributed by atoms with van der Waals surface area (Å²) in [6.07, 6.45) is 9.15. The molecule has 1 aromatic heterocycles. The van der Waals surface area contributed by atoms with Crippen molar-refractivity contribution >= 4 is 37.3 Å². The van der Waals surface area contributed by atoms with Crippen LogP contribution in [0.25, 0.3) is 10.2 Å². The molecule has 0 spiro atoms. The zero-order valence-corrected chi connectivity index (χ0v) is 19.9. The third-order valence-corrected chi connectivity index (χ3v) is 7.84. The molecule has 0 unspecified atom stereocenters. The second kappa shape index (κ2) is 11.3. The molecule has 32 heavy (non-hydrogen) atoms. The number of nitrogens with zero attached hydrogens (tertiary/aromatic N) is 2. The fourth-order valence-corrected chi connectivity index (χ4v) is 6.03. The minimum absolute atomic E-state index is 0.0159. The molecule has 3 aromatic rings. The average Bonchev–Trinajstić information content (AvgIpc) is 3.09. The van der Waals surface area contributed by atoms with Crippen molar-refractivity contribution in [2.45, 2.75) is 51.3 Å². The first-order valence-electron chi connectivity index (χ1n) is 10.8. The zero-order valence-electron chi connectivity index (χ0n) is 18.3. The SMILES string of the molecule is C#CCn1c(=NC(=O)CCCS(=O)(=O)Cc2ccccc2)sc2cc(CCCC)ccc21. The summed E-state index contributed by atoms with van der Waals surface area (Å²) in [5.41, 5.74) is 2.97. The van der Waals surface area contributed by atoms with E-state index in [0.29, 0.717) is 11.3 Å². The van der Waals surface area contributed by atoms with Gasteiger partial charge in [0, 0.05) is 6.42 Å². The van der Waals surface area contributed by atoms with E-state index in [9.17, 15) is 13.2 Å². The predicted molar refractivity (Wildman–Crippen MR) is 131 cm³/mol. The number of aryl methyl sites for hydroxylation is 1. The van der Waals surface area contributed by atoms with Gasteiger partial charge in [-0.1, -0.05) is 67.0 Å². The van der Waals surface area contributed by atoms with Gasteiger partial charge in [0.2, 0.25) is 5.91 Å². The Bertz CT molecular complexity index is 1280. The Hall–Kier alpha value is -2.69. The minimum atomic E-state index is -3.28. The van der Waals surface area contributed by atoms with Crippen molar-refractivity contribution in [2.75, 3.05) is 5.75 Å². The van der Waals surface area contributed by atoms with Gasteiger partial charge in [-0.3, -0.25) is 4.79 Å². The van der Waals surface area contributed by atoms with E-state index >= 15 is 0 Å². The van der Waals surface area contributed by atoms with Crippen molar-refractivity contribution in [1.29, 1.82) is 0 Å². The van der Waals surface area contributed by atoms with Gasteiger partial charge in [-0.25, -0.2) is 8.42 Å². The number of terminal acetylenes is 1. The molecule has 0 saturated heterocycles. The summed E-state index contributed by atoms with van der Waals surface area (Å²) < 4.78 is 27.6. The summed E-state index contributed by atoms with van der Waals surface area (Å²) in [7, 11) is -3.28. The number of amides is 1. The van der Waals surface area contributed by atoms with Crippen molar-refractivity contribution in [3.8, 4) is 12.3 Å². The number of fused-ring (bicyclic) bond motifs is 1. The number of benzene rings is 2. The predicted octanol–water partition coefficient (Wildman–Crippen LogP) is 4.50. The van der Waals surface area contributed by atoms with Crippen LogP contribution < -0.4 is 4.80 Å². The van der Waals surface area contributed by atoms with E-state index in [1.165, 1.54) is 16.9 Å². The smallest absolute Gasteiger partial charge is 0.248 e. The van der Waals surface area contributed by atoms with Crippen LogP contribution in [0, 0.1) is 12.3 Å². The van der Waals surface area contributed by atoms with Crippen molar-refractivity contribution in [1.82, 2.24) is 4.57 Å². The van der Waals surface area contributed by atoms with Crippen LogP contribution in [-0.2, 0) is 33.4 Å². The van der Waals surface area contributed by atoms with Gasteiger partial charge in [0.1, 0.15) is 0 Å². The Morgan fingerprint density at radius 3 is 2.62 bits per heavy atom. The van der Waals surface area contributed by atoms with Crippen LogP contribution in [0.3, 0.4) is 0 Å². The molecule has 7 heteroatoms. The molecule has 5 nitrogen and oxygen atoms in total. The molecule has 0 fully saturated rings. The number of hydrogen-bond acceptors (Lipinski definition) is 4. The maximum atomic E-state index is 12.5. The van der Waals surface area contributed by atoms with Crippen molar-refractivity contribution in [3.05, 3.63) is 64.5 Å². The summed E-state index contributed by atoms with van der Waals surface area (Å²) in [6, 6.07) is 15.3. The molecule has 2 aromatic carbocycles. The van der Waals surface area contributed by atoms with Crippen LogP contribution in [0.15, 0.2) is 53.5 Å². The highest BCUT2D eigenvalue weighted by Gasteiger charge is 2.13. The van der Waals surface area contributed by atoms with Crippen LogP contribution in [0.1, 0.15) is 43.7 Å². The van der Waals surface area contributed by atoms with Crippen LogP contribution in [0.2, 0.25) is 0 Å². The first kappa shape index (κ1) is 24.0. The lowest BCUT2D eigenvalue weighted by atomic mass is 10.1. The molecular weight excluding hydrogens is 440 g/mol. The molecule has 0 aliphatic rings. The molecule has 3 rings (SSSR count). The van der Waals surface area contributed by atoms with Gasteiger partial charge in [-0.2, -0.15) is 4.99 Å². The Morgan fingerprint density at radius 2 is 1.91 bits per heavy atom. The molecule has 0 radical (unpaired) electrons. The fraction of sp³-hybridized carbons (Fsp3) is 0.360. The highest BCUT2D eigenvalue weighted by molar-refractivity contribution is 7.90. The monoisotopic (exact) mass is 468 g/mol. The first-order chi connectivity index (χ1) is 15.4. The number of sulfone groups is 1. The number of aromatic nitrogens is 1. The number of carbonyl (C=O) groups is 1. The molecular formula is C25H28N2O3S2. The lowest BCUT2D eigenvalue weighted by Gasteiger charge is -2.04. The fourth-order valence-electron chi connectivity index (χ4n) is 3.49. The van der Waals surface area contributed by atoms with E-state index in [0.717, 1.165) is 35.0 Å². The van der Waals surface area contributed by atoms with Crippen LogP contribution in [0.5, 0.6) is 0 Å². The summed E-state index contributed by atoms with van der Waals surface area (Å²) >= 11 is 1.44. The van der Waals surface area contributed by atoms with Gasteiger partial charge < -0.3 is 4.57 Å². The first-order valence-corrected chi connectivity index (χ1v) is 13.4. The molecule has 168 valence electrons.